The molecule has 0 amide bonds. The minimum atomic E-state index is -0.186. The van der Waals surface area contributed by atoms with Gasteiger partial charge in [-0.2, -0.15) is 0 Å². The second kappa shape index (κ2) is 7.35. The molecule has 0 radical (unpaired) electrons. The summed E-state index contributed by atoms with van der Waals surface area (Å²) in [4.78, 5) is 2.18. The Hall–Kier alpha value is -1.87. The highest BCUT2D eigenvalue weighted by Crippen LogP contribution is 2.30. The summed E-state index contributed by atoms with van der Waals surface area (Å²) in [7, 11) is 0. The van der Waals surface area contributed by atoms with Crippen LogP contribution in [0.2, 0.25) is 0 Å². The van der Waals surface area contributed by atoms with Crippen LogP contribution in [0.5, 0.6) is 0 Å². The number of halogens is 2. The van der Waals surface area contributed by atoms with Gasteiger partial charge in [0.05, 0.1) is 0 Å². The van der Waals surface area contributed by atoms with E-state index in [0.717, 1.165) is 16.6 Å². The molecule has 1 heterocycles. The van der Waals surface area contributed by atoms with Crippen LogP contribution >= 0.6 is 15.9 Å². The fraction of sp³-hybridized carbons (Fsp3) is 0.238. The van der Waals surface area contributed by atoms with Gasteiger partial charge < -0.3 is 4.90 Å². The molecule has 0 aliphatic carbocycles. The predicted octanol–water partition coefficient (Wildman–Crippen LogP) is 6.08. The molecule has 0 fully saturated rings. The Morgan fingerprint density at radius 2 is 1.92 bits per heavy atom. The number of benzene rings is 2. The first-order valence-corrected chi connectivity index (χ1v) is 8.98. The number of rotatable bonds is 4. The van der Waals surface area contributed by atoms with Crippen molar-refractivity contribution >= 4 is 21.5 Å². The summed E-state index contributed by atoms with van der Waals surface area (Å²) in [6.07, 6.45) is 4.22. The van der Waals surface area contributed by atoms with Crippen molar-refractivity contribution in [3.8, 4) is 0 Å². The van der Waals surface area contributed by atoms with Gasteiger partial charge in [0.2, 0.25) is 0 Å². The second-order valence-electron chi connectivity index (χ2n) is 6.45. The molecule has 0 bridgehead atoms. The topological polar surface area (TPSA) is 3.24 Å². The lowest BCUT2D eigenvalue weighted by Gasteiger charge is -2.25. The fourth-order valence-corrected chi connectivity index (χ4v) is 3.57. The van der Waals surface area contributed by atoms with Crippen molar-refractivity contribution in [3.63, 3.8) is 0 Å². The molecule has 24 heavy (non-hydrogen) atoms. The molecule has 2 aromatic carbocycles. The summed E-state index contributed by atoms with van der Waals surface area (Å²) < 4.78 is 14.5. The Morgan fingerprint density at radius 3 is 2.62 bits per heavy atom. The first-order chi connectivity index (χ1) is 11.5. The van der Waals surface area contributed by atoms with E-state index in [4.69, 9.17) is 0 Å². The Balaban J connectivity index is 1.77. The molecule has 0 saturated heterocycles. The van der Waals surface area contributed by atoms with Gasteiger partial charge in [-0.1, -0.05) is 66.2 Å². The van der Waals surface area contributed by atoms with Gasteiger partial charge in [-0.25, -0.2) is 4.39 Å². The average Bonchev–Trinajstić information content (AvgIpc) is 2.55. The van der Waals surface area contributed by atoms with Gasteiger partial charge >= 0.3 is 0 Å². The molecular formula is C21H21BrFN. The molecule has 0 unspecified atom stereocenters. The molecule has 1 aliphatic rings. The van der Waals surface area contributed by atoms with Crippen LogP contribution in [0.4, 0.5) is 4.39 Å². The predicted molar refractivity (Wildman–Crippen MR) is 102 cm³/mol. The van der Waals surface area contributed by atoms with E-state index in [1.165, 1.54) is 22.8 Å². The van der Waals surface area contributed by atoms with E-state index in [1.807, 2.05) is 6.07 Å². The molecule has 0 saturated carbocycles. The van der Waals surface area contributed by atoms with E-state index in [2.05, 4.69) is 71.2 Å². The smallest absolute Gasteiger partial charge is 0.123 e. The summed E-state index contributed by atoms with van der Waals surface area (Å²) in [5, 5.41) is 0. The van der Waals surface area contributed by atoms with Crippen LogP contribution in [0.25, 0.3) is 5.57 Å². The van der Waals surface area contributed by atoms with Crippen LogP contribution in [0.15, 0.2) is 65.3 Å². The number of nitrogens with zero attached hydrogens (tertiary/aromatic N) is 1. The summed E-state index contributed by atoms with van der Waals surface area (Å²) >= 11 is 3.73. The molecule has 2 aromatic rings. The third-order valence-electron chi connectivity index (χ3n) is 4.23. The lowest BCUT2D eigenvalue weighted by molar-refractivity contribution is 0.403. The van der Waals surface area contributed by atoms with Crippen LogP contribution < -0.4 is 0 Å². The first-order valence-electron chi connectivity index (χ1n) is 8.18. The molecule has 0 aromatic heterocycles. The largest absolute Gasteiger partial charge is 0.368 e. The Kier molecular flexibility index (Phi) is 5.20. The van der Waals surface area contributed by atoms with Gasteiger partial charge in [0.25, 0.3) is 0 Å². The maximum atomic E-state index is 13.3. The monoisotopic (exact) mass is 385 g/mol. The molecule has 0 N–H and O–H groups in total. The third kappa shape index (κ3) is 3.96. The highest BCUT2D eigenvalue weighted by Gasteiger charge is 2.14. The molecule has 1 aliphatic heterocycles. The van der Waals surface area contributed by atoms with Crippen molar-refractivity contribution in [1.82, 2.24) is 4.90 Å². The Morgan fingerprint density at radius 1 is 1.12 bits per heavy atom. The number of hydrogen-bond acceptors (Lipinski definition) is 1. The molecule has 1 nitrogen and oxygen atoms in total. The van der Waals surface area contributed by atoms with Crippen molar-refractivity contribution < 1.29 is 4.39 Å². The maximum absolute atomic E-state index is 13.3. The first kappa shape index (κ1) is 17.0. The van der Waals surface area contributed by atoms with E-state index in [-0.39, 0.29) is 5.82 Å². The van der Waals surface area contributed by atoms with Crippen LogP contribution in [0.1, 0.15) is 36.5 Å². The van der Waals surface area contributed by atoms with Gasteiger partial charge in [-0.05, 0) is 46.4 Å². The Labute approximate surface area is 151 Å². The highest BCUT2D eigenvalue weighted by molar-refractivity contribution is 9.11. The zero-order valence-corrected chi connectivity index (χ0v) is 15.6. The van der Waals surface area contributed by atoms with E-state index in [9.17, 15) is 4.39 Å². The lowest BCUT2D eigenvalue weighted by atomic mass is 9.96. The normalized spacial score (nSPS) is 14.6. The van der Waals surface area contributed by atoms with Crippen molar-refractivity contribution in [2.45, 2.75) is 26.3 Å². The molecular weight excluding hydrogens is 365 g/mol. The Bertz CT molecular complexity index is 792. The van der Waals surface area contributed by atoms with Crippen molar-refractivity contribution in [2.75, 3.05) is 6.54 Å². The summed E-state index contributed by atoms with van der Waals surface area (Å²) in [6.45, 7) is 5.90. The highest BCUT2D eigenvalue weighted by atomic mass is 79.9. The molecule has 3 rings (SSSR count). The minimum absolute atomic E-state index is 0.186. The standard InChI is InChI=1S/C21H21BrFN/c1-15(2)17-6-4-7-18(12-17)20-9-10-24(14-21(20)22)13-16-5-3-8-19(23)11-16/h3-12,15H,13-14H2,1-2H3. The van der Waals surface area contributed by atoms with E-state index in [1.54, 1.807) is 12.1 Å². The third-order valence-corrected chi connectivity index (χ3v) is 4.90. The fourth-order valence-electron chi connectivity index (χ4n) is 2.88. The van der Waals surface area contributed by atoms with Crippen LogP contribution in [-0.4, -0.2) is 11.4 Å². The van der Waals surface area contributed by atoms with Gasteiger partial charge in [-0.3, -0.25) is 0 Å². The number of hydrogen-bond donors (Lipinski definition) is 0. The molecule has 3 heteroatoms. The van der Waals surface area contributed by atoms with Gasteiger partial charge in [0.1, 0.15) is 5.82 Å². The second-order valence-corrected chi connectivity index (χ2v) is 7.41. The molecule has 124 valence electrons. The van der Waals surface area contributed by atoms with Crippen molar-refractivity contribution in [2.24, 2.45) is 0 Å². The van der Waals surface area contributed by atoms with Gasteiger partial charge in [-0.15, -0.1) is 0 Å². The zero-order chi connectivity index (χ0) is 17.1. The van der Waals surface area contributed by atoms with Crippen LogP contribution in [-0.2, 0) is 6.54 Å². The van der Waals surface area contributed by atoms with E-state index >= 15 is 0 Å². The van der Waals surface area contributed by atoms with Crippen LogP contribution in [0.3, 0.4) is 0 Å². The minimum Gasteiger partial charge on any atom is -0.368 e. The summed E-state index contributed by atoms with van der Waals surface area (Å²) in [5.41, 5.74) is 4.77. The van der Waals surface area contributed by atoms with Gasteiger partial charge in [0.15, 0.2) is 0 Å². The molecule has 0 atom stereocenters. The lowest BCUT2D eigenvalue weighted by Crippen LogP contribution is -2.21. The van der Waals surface area contributed by atoms with E-state index < -0.39 is 0 Å². The average molecular weight is 386 g/mol. The summed E-state index contributed by atoms with van der Waals surface area (Å²) in [6, 6.07) is 15.5. The molecule has 0 spiro atoms. The van der Waals surface area contributed by atoms with Gasteiger partial charge in [0, 0.05) is 23.8 Å². The van der Waals surface area contributed by atoms with E-state index in [0.29, 0.717) is 12.5 Å². The van der Waals surface area contributed by atoms with Crippen LogP contribution in [0, 0.1) is 5.82 Å². The summed E-state index contributed by atoms with van der Waals surface area (Å²) in [5.74, 6) is 0.329. The van der Waals surface area contributed by atoms with Crippen molar-refractivity contribution in [3.05, 3.63) is 87.8 Å². The maximum Gasteiger partial charge on any atom is 0.123 e. The number of allylic oxidation sites excluding steroid dienone is 2. The zero-order valence-electron chi connectivity index (χ0n) is 14.0. The SMILES string of the molecule is CC(C)c1cccc(C2=C(Br)CN(Cc3cccc(F)c3)C=C2)c1. The quantitative estimate of drug-likeness (QED) is 0.615. The van der Waals surface area contributed by atoms with Crippen molar-refractivity contribution in [1.29, 1.82) is 0 Å².